The summed E-state index contributed by atoms with van der Waals surface area (Å²) in [6, 6.07) is 14.4. The first-order valence-electron chi connectivity index (χ1n) is 8.56. The lowest BCUT2D eigenvalue weighted by atomic mass is 9.93. The highest BCUT2D eigenvalue weighted by atomic mass is 19.4. The zero-order chi connectivity index (χ0) is 17.7. The topological polar surface area (TPSA) is 24.4 Å². The number of aliphatic imine (C=N–C) groups is 1. The Morgan fingerprint density at radius 3 is 2.36 bits per heavy atom. The van der Waals surface area contributed by atoms with E-state index in [4.69, 9.17) is 0 Å². The fourth-order valence-electron chi connectivity index (χ4n) is 3.15. The minimum Gasteiger partial charge on any atom is -0.363 e. The molecule has 0 saturated heterocycles. The first-order valence-corrected chi connectivity index (χ1v) is 8.56. The lowest BCUT2D eigenvalue weighted by Gasteiger charge is -2.25. The van der Waals surface area contributed by atoms with Gasteiger partial charge in [-0.2, -0.15) is 13.2 Å². The summed E-state index contributed by atoms with van der Waals surface area (Å²) in [4.78, 5) is 4.53. The molecule has 0 bridgehead atoms. The number of hydrogen-bond acceptors (Lipinski definition) is 2. The van der Waals surface area contributed by atoms with Crippen molar-refractivity contribution in [2.75, 3.05) is 6.54 Å². The molecular weight excluding hydrogens is 325 g/mol. The van der Waals surface area contributed by atoms with Crippen LogP contribution in [0.2, 0.25) is 0 Å². The van der Waals surface area contributed by atoms with E-state index < -0.39 is 17.8 Å². The molecule has 132 valence electrons. The molecule has 0 aromatic heterocycles. The van der Waals surface area contributed by atoms with Gasteiger partial charge >= 0.3 is 6.18 Å². The quantitative estimate of drug-likeness (QED) is 0.795. The molecule has 1 N–H and O–H groups in total. The standard InChI is InChI=1S/C20H21F3N2/c21-20(22,23)17-12-7-6-11-16(17)19(15-9-3-1-4-10-15)25-18-13-5-2-8-14-24-18/h1,3-4,6-7,9-12,19H,2,5,8,13-14H2,(H,24,25). The summed E-state index contributed by atoms with van der Waals surface area (Å²) < 4.78 is 40.5. The van der Waals surface area contributed by atoms with Gasteiger partial charge in [-0.1, -0.05) is 55.0 Å². The van der Waals surface area contributed by atoms with Gasteiger partial charge in [0.1, 0.15) is 0 Å². The van der Waals surface area contributed by atoms with E-state index in [-0.39, 0.29) is 5.56 Å². The number of amidine groups is 1. The Bertz CT molecular complexity index is 723. The maximum atomic E-state index is 13.5. The molecule has 1 unspecified atom stereocenters. The van der Waals surface area contributed by atoms with E-state index in [0.29, 0.717) is 0 Å². The van der Waals surface area contributed by atoms with E-state index in [1.54, 1.807) is 12.1 Å². The predicted molar refractivity (Wildman–Crippen MR) is 93.6 cm³/mol. The first kappa shape index (κ1) is 17.5. The lowest BCUT2D eigenvalue weighted by molar-refractivity contribution is -0.138. The molecule has 25 heavy (non-hydrogen) atoms. The minimum absolute atomic E-state index is 0.230. The minimum atomic E-state index is -4.39. The van der Waals surface area contributed by atoms with Crippen molar-refractivity contribution in [1.82, 2.24) is 5.32 Å². The third kappa shape index (κ3) is 4.41. The SMILES string of the molecule is FC(F)(F)c1ccccc1C(NC1=NCCCCC1)c1ccccc1. The van der Waals surface area contributed by atoms with Crippen molar-refractivity contribution < 1.29 is 13.2 Å². The van der Waals surface area contributed by atoms with Crippen molar-refractivity contribution in [2.45, 2.75) is 37.9 Å². The molecule has 0 radical (unpaired) electrons. The molecule has 2 aromatic rings. The zero-order valence-corrected chi connectivity index (χ0v) is 13.9. The molecule has 5 heteroatoms. The molecule has 2 nitrogen and oxygen atoms in total. The number of nitrogens with one attached hydrogen (secondary N) is 1. The van der Waals surface area contributed by atoms with Crippen molar-refractivity contribution >= 4 is 5.84 Å². The van der Waals surface area contributed by atoms with Gasteiger partial charge in [0.05, 0.1) is 17.4 Å². The Hall–Kier alpha value is -2.30. The summed E-state index contributed by atoms with van der Waals surface area (Å²) in [5, 5.41) is 3.29. The van der Waals surface area contributed by atoms with Crippen LogP contribution in [-0.2, 0) is 6.18 Å². The molecule has 3 rings (SSSR count). The van der Waals surface area contributed by atoms with Gasteiger partial charge in [0.25, 0.3) is 0 Å². The van der Waals surface area contributed by atoms with Gasteiger partial charge < -0.3 is 5.32 Å². The Morgan fingerprint density at radius 2 is 1.60 bits per heavy atom. The van der Waals surface area contributed by atoms with Crippen LogP contribution in [0.3, 0.4) is 0 Å². The van der Waals surface area contributed by atoms with Crippen LogP contribution in [-0.4, -0.2) is 12.4 Å². The van der Waals surface area contributed by atoms with Gasteiger partial charge in [-0.15, -0.1) is 0 Å². The summed E-state index contributed by atoms with van der Waals surface area (Å²) in [5.74, 6) is 0.795. The number of halogens is 3. The van der Waals surface area contributed by atoms with Gasteiger partial charge in [0.2, 0.25) is 0 Å². The predicted octanol–water partition coefficient (Wildman–Crippen LogP) is 5.36. The van der Waals surface area contributed by atoms with Crippen LogP contribution in [0.15, 0.2) is 59.6 Å². The van der Waals surface area contributed by atoms with E-state index >= 15 is 0 Å². The number of alkyl halides is 3. The Kier molecular flexibility index (Phi) is 5.41. The molecule has 0 spiro atoms. The van der Waals surface area contributed by atoms with E-state index in [1.165, 1.54) is 6.07 Å². The molecule has 1 aliphatic heterocycles. The summed E-state index contributed by atoms with van der Waals surface area (Å²) >= 11 is 0. The number of benzene rings is 2. The van der Waals surface area contributed by atoms with E-state index in [2.05, 4.69) is 10.3 Å². The fourth-order valence-corrected chi connectivity index (χ4v) is 3.15. The molecule has 1 atom stereocenters. The van der Waals surface area contributed by atoms with Gasteiger partial charge in [0, 0.05) is 13.0 Å². The largest absolute Gasteiger partial charge is 0.416 e. The molecule has 1 heterocycles. The van der Waals surface area contributed by atoms with E-state index in [9.17, 15) is 13.2 Å². The Morgan fingerprint density at radius 1 is 0.880 bits per heavy atom. The summed E-state index contributed by atoms with van der Waals surface area (Å²) in [6.07, 6.45) is -0.480. The van der Waals surface area contributed by atoms with Crippen LogP contribution < -0.4 is 5.32 Å². The molecule has 0 amide bonds. The monoisotopic (exact) mass is 346 g/mol. The van der Waals surface area contributed by atoms with Crippen molar-refractivity contribution in [3.63, 3.8) is 0 Å². The van der Waals surface area contributed by atoms with Crippen LogP contribution in [0.1, 0.15) is 48.4 Å². The normalized spacial score (nSPS) is 16.7. The first-order chi connectivity index (χ1) is 12.1. The van der Waals surface area contributed by atoms with Crippen molar-refractivity contribution in [3.8, 4) is 0 Å². The average molecular weight is 346 g/mol. The number of rotatable bonds is 3. The summed E-state index contributed by atoms with van der Waals surface area (Å²) in [5.41, 5.74) is 0.421. The second kappa shape index (κ2) is 7.72. The third-order valence-electron chi connectivity index (χ3n) is 4.40. The number of nitrogens with zero attached hydrogens (tertiary/aromatic N) is 1. The molecular formula is C20H21F3N2. The van der Waals surface area contributed by atoms with Gasteiger partial charge in [-0.25, -0.2) is 0 Å². The smallest absolute Gasteiger partial charge is 0.363 e. The fraction of sp³-hybridized carbons (Fsp3) is 0.350. The molecule has 2 aromatic carbocycles. The zero-order valence-electron chi connectivity index (χ0n) is 13.9. The third-order valence-corrected chi connectivity index (χ3v) is 4.40. The Balaban J connectivity index is 2.02. The van der Waals surface area contributed by atoms with Gasteiger partial charge in [0.15, 0.2) is 0 Å². The molecule has 0 fully saturated rings. The highest BCUT2D eigenvalue weighted by Gasteiger charge is 2.35. The Labute approximate surface area is 145 Å². The second-order valence-electron chi connectivity index (χ2n) is 6.21. The van der Waals surface area contributed by atoms with Crippen LogP contribution in [0.5, 0.6) is 0 Å². The maximum absolute atomic E-state index is 13.5. The maximum Gasteiger partial charge on any atom is 0.416 e. The average Bonchev–Trinajstić information content (AvgIpc) is 2.88. The van der Waals surface area contributed by atoms with Crippen LogP contribution in [0, 0.1) is 0 Å². The summed E-state index contributed by atoms with van der Waals surface area (Å²) in [6.45, 7) is 0.727. The van der Waals surface area contributed by atoms with E-state index in [1.807, 2.05) is 30.3 Å². The molecule has 1 aliphatic rings. The van der Waals surface area contributed by atoms with Crippen molar-refractivity contribution in [2.24, 2.45) is 4.99 Å². The van der Waals surface area contributed by atoms with Crippen LogP contribution in [0.4, 0.5) is 13.2 Å². The highest BCUT2D eigenvalue weighted by molar-refractivity contribution is 5.83. The highest BCUT2D eigenvalue weighted by Crippen LogP contribution is 2.36. The molecule has 0 saturated carbocycles. The van der Waals surface area contributed by atoms with Crippen LogP contribution >= 0.6 is 0 Å². The second-order valence-corrected chi connectivity index (χ2v) is 6.21. The van der Waals surface area contributed by atoms with Crippen molar-refractivity contribution in [3.05, 3.63) is 71.3 Å². The van der Waals surface area contributed by atoms with E-state index in [0.717, 1.165) is 49.7 Å². The molecule has 0 aliphatic carbocycles. The van der Waals surface area contributed by atoms with Gasteiger partial charge in [-0.3, -0.25) is 4.99 Å². The summed E-state index contributed by atoms with van der Waals surface area (Å²) in [7, 11) is 0. The van der Waals surface area contributed by atoms with Gasteiger partial charge in [-0.05, 0) is 30.0 Å². The number of hydrogen-bond donors (Lipinski definition) is 1. The van der Waals surface area contributed by atoms with Crippen molar-refractivity contribution in [1.29, 1.82) is 0 Å². The van der Waals surface area contributed by atoms with Crippen LogP contribution in [0.25, 0.3) is 0 Å². The lowest BCUT2D eigenvalue weighted by Crippen LogP contribution is -2.31.